The van der Waals surface area contributed by atoms with Crippen LogP contribution in [-0.4, -0.2) is 16.1 Å². The number of aromatic nitrogens is 2. The lowest BCUT2D eigenvalue weighted by molar-refractivity contribution is 0.284. The molecule has 3 heteroatoms. The van der Waals surface area contributed by atoms with Crippen LogP contribution in [0.3, 0.4) is 0 Å². The molecule has 96 valence electrons. The molecule has 0 radical (unpaired) electrons. The Hall–Kier alpha value is -0.990. The lowest BCUT2D eigenvalue weighted by atomic mass is 9.87. The first-order valence-electron chi connectivity index (χ1n) is 6.93. The molecule has 0 spiro atoms. The van der Waals surface area contributed by atoms with E-state index in [2.05, 4.69) is 41.8 Å². The normalized spacial score (nSPS) is 25.2. The van der Waals surface area contributed by atoms with Gasteiger partial charge in [-0.1, -0.05) is 33.6 Å². The zero-order valence-electron chi connectivity index (χ0n) is 11.3. The molecule has 1 saturated carbocycles. The van der Waals surface area contributed by atoms with Gasteiger partial charge in [0.1, 0.15) is 0 Å². The Kier molecular flexibility index (Phi) is 4.08. The highest BCUT2D eigenvalue weighted by molar-refractivity contribution is 5.26. The zero-order chi connectivity index (χ0) is 12.3. The summed E-state index contributed by atoms with van der Waals surface area (Å²) >= 11 is 0. The van der Waals surface area contributed by atoms with Crippen LogP contribution in [0.2, 0.25) is 0 Å². The molecule has 1 heterocycles. The molecule has 0 amide bonds. The minimum absolute atomic E-state index is 0.649. The third-order valence-corrected chi connectivity index (χ3v) is 3.64. The maximum absolute atomic E-state index is 4.44. The Morgan fingerprint density at radius 1 is 1.47 bits per heavy atom. The third-order valence-electron chi connectivity index (χ3n) is 3.64. The van der Waals surface area contributed by atoms with Crippen LogP contribution in [0.15, 0.2) is 12.4 Å². The second-order valence-electron chi connectivity index (χ2n) is 5.86. The number of nitrogens with zero attached hydrogens (tertiary/aromatic N) is 2. The number of rotatable bonds is 4. The summed E-state index contributed by atoms with van der Waals surface area (Å²) in [5, 5.41) is 3.46. The van der Waals surface area contributed by atoms with E-state index in [1.54, 1.807) is 0 Å². The maximum Gasteiger partial charge on any atom is 0.203 e. The summed E-state index contributed by atoms with van der Waals surface area (Å²) in [6.45, 7) is 7.82. The quantitative estimate of drug-likeness (QED) is 0.862. The lowest BCUT2D eigenvalue weighted by Gasteiger charge is -2.29. The van der Waals surface area contributed by atoms with Crippen molar-refractivity contribution in [1.29, 1.82) is 0 Å². The molecule has 17 heavy (non-hydrogen) atoms. The molecule has 1 N–H and O–H groups in total. The molecular weight excluding hydrogens is 210 g/mol. The summed E-state index contributed by atoms with van der Waals surface area (Å²) < 4.78 is 2.35. The summed E-state index contributed by atoms with van der Waals surface area (Å²) in [6, 6.07) is 0.649. The molecule has 2 unspecified atom stereocenters. The molecule has 3 nitrogen and oxygen atoms in total. The van der Waals surface area contributed by atoms with Crippen molar-refractivity contribution in [2.45, 2.75) is 52.5 Å². The van der Waals surface area contributed by atoms with Crippen LogP contribution >= 0.6 is 0 Å². The highest BCUT2D eigenvalue weighted by atomic mass is 15.2. The van der Waals surface area contributed by atoms with Crippen molar-refractivity contribution in [3.8, 4) is 0 Å². The fourth-order valence-corrected chi connectivity index (χ4v) is 2.69. The standard InChI is InChI=1S/C14H25N3/c1-11(2)10-16-14-15-7-8-17(14)13-6-4-5-12(3)9-13/h7-8,11-13H,4-6,9-10H2,1-3H3,(H,15,16). The second-order valence-corrected chi connectivity index (χ2v) is 5.86. The van der Waals surface area contributed by atoms with Crippen molar-refractivity contribution in [2.75, 3.05) is 11.9 Å². The summed E-state index contributed by atoms with van der Waals surface area (Å²) in [5.41, 5.74) is 0. The molecule has 1 aliphatic rings. The maximum atomic E-state index is 4.44. The second kappa shape index (κ2) is 5.56. The van der Waals surface area contributed by atoms with Gasteiger partial charge in [-0.2, -0.15) is 0 Å². The van der Waals surface area contributed by atoms with Crippen LogP contribution in [0, 0.1) is 11.8 Å². The van der Waals surface area contributed by atoms with Gasteiger partial charge in [0.2, 0.25) is 5.95 Å². The van der Waals surface area contributed by atoms with Gasteiger partial charge in [-0.15, -0.1) is 0 Å². The van der Waals surface area contributed by atoms with E-state index in [1.165, 1.54) is 25.7 Å². The van der Waals surface area contributed by atoms with Crippen LogP contribution in [0.4, 0.5) is 5.95 Å². The molecular formula is C14H25N3. The molecule has 0 aromatic carbocycles. The van der Waals surface area contributed by atoms with Crippen LogP contribution < -0.4 is 5.32 Å². The number of imidazole rings is 1. The minimum Gasteiger partial charge on any atom is -0.355 e. The van der Waals surface area contributed by atoms with Crippen LogP contribution in [0.25, 0.3) is 0 Å². The van der Waals surface area contributed by atoms with E-state index in [9.17, 15) is 0 Å². The van der Waals surface area contributed by atoms with Gasteiger partial charge in [-0.25, -0.2) is 4.98 Å². The Balaban J connectivity index is 2.02. The van der Waals surface area contributed by atoms with Crippen LogP contribution in [-0.2, 0) is 0 Å². The van der Waals surface area contributed by atoms with E-state index >= 15 is 0 Å². The van der Waals surface area contributed by atoms with Gasteiger partial charge < -0.3 is 9.88 Å². The fraction of sp³-hybridized carbons (Fsp3) is 0.786. The van der Waals surface area contributed by atoms with Gasteiger partial charge in [0, 0.05) is 25.0 Å². The van der Waals surface area contributed by atoms with Gasteiger partial charge in [-0.05, 0) is 24.7 Å². The number of nitrogens with one attached hydrogen (secondary N) is 1. The van der Waals surface area contributed by atoms with Crippen LogP contribution in [0.5, 0.6) is 0 Å². The molecule has 2 atom stereocenters. The SMILES string of the molecule is CC(C)CNc1nccn1C1CCCC(C)C1. The molecule has 1 fully saturated rings. The van der Waals surface area contributed by atoms with Gasteiger partial charge in [0.05, 0.1) is 0 Å². The smallest absolute Gasteiger partial charge is 0.203 e. The highest BCUT2D eigenvalue weighted by Crippen LogP contribution is 2.33. The Morgan fingerprint density at radius 3 is 3.00 bits per heavy atom. The first-order valence-corrected chi connectivity index (χ1v) is 6.93. The molecule has 1 aromatic heterocycles. The summed E-state index contributed by atoms with van der Waals surface area (Å²) in [4.78, 5) is 4.44. The summed E-state index contributed by atoms with van der Waals surface area (Å²) in [6.07, 6.45) is 9.39. The van der Waals surface area contributed by atoms with E-state index in [1.807, 2.05) is 6.20 Å². The van der Waals surface area contributed by atoms with Crippen molar-refractivity contribution in [3.05, 3.63) is 12.4 Å². The Bertz CT molecular complexity index is 343. The number of hydrogen-bond donors (Lipinski definition) is 1. The molecule has 0 aliphatic heterocycles. The van der Waals surface area contributed by atoms with E-state index < -0.39 is 0 Å². The predicted octanol–water partition coefficient (Wildman–Crippen LogP) is 3.70. The van der Waals surface area contributed by atoms with E-state index in [-0.39, 0.29) is 0 Å². The van der Waals surface area contributed by atoms with Crippen molar-refractivity contribution >= 4 is 5.95 Å². The average Bonchev–Trinajstić information content (AvgIpc) is 2.74. The van der Waals surface area contributed by atoms with Crippen LogP contribution in [0.1, 0.15) is 52.5 Å². The van der Waals surface area contributed by atoms with Gasteiger partial charge in [-0.3, -0.25) is 0 Å². The molecule has 0 bridgehead atoms. The van der Waals surface area contributed by atoms with Gasteiger partial charge >= 0.3 is 0 Å². The predicted molar refractivity (Wildman–Crippen MR) is 72.2 cm³/mol. The van der Waals surface area contributed by atoms with E-state index in [0.717, 1.165) is 18.4 Å². The molecule has 0 saturated heterocycles. The van der Waals surface area contributed by atoms with Crippen molar-refractivity contribution in [1.82, 2.24) is 9.55 Å². The molecule has 1 aliphatic carbocycles. The van der Waals surface area contributed by atoms with Crippen molar-refractivity contribution in [3.63, 3.8) is 0 Å². The summed E-state index contributed by atoms with van der Waals surface area (Å²) in [7, 11) is 0. The fourth-order valence-electron chi connectivity index (χ4n) is 2.69. The number of hydrogen-bond acceptors (Lipinski definition) is 2. The highest BCUT2D eigenvalue weighted by Gasteiger charge is 2.21. The van der Waals surface area contributed by atoms with Gasteiger partial charge in [0.25, 0.3) is 0 Å². The van der Waals surface area contributed by atoms with E-state index in [4.69, 9.17) is 0 Å². The first kappa shape index (κ1) is 12.5. The Morgan fingerprint density at radius 2 is 2.29 bits per heavy atom. The van der Waals surface area contributed by atoms with Gasteiger partial charge in [0.15, 0.2) is 0 Å². The van der Waals surface area contributed by atoms with Crippen molar-refractivity contribution < 1.29 is 0 Å². The minimum atomic E-state index is 0.649. The first-order chi connectivity index (χ1) is 8.16. The monoisotopic (exact) mass is 235 g/mol. The lowest BCUT2D eigenvalue weighted by Crippen LogP contribution is -2.20. The van der Waals surface area contributed by atoms with E-state index in [0.29, 0.717) is 12.0 Å². The average molecular weight is 235 g/mol. The topological polar surface area (TPSA) is 29.9 Å². The number of anilines is 1. The summed E-state index contributed by atoms with van der Waals surface area (Å²) in [5.74, 6) is 2.57. The Labute approximate surface area is 105 Å². The van der Waals surface area contributed by atoms with Crippen molar-refractivity contribution in [2.24, 2.45) is 11.8 Å². The largest absolute Gasteiger partial charge is 0.355 e. The molecule has 1 aromatic rings. The zero-order valence-corrected chi connectivity index (χ0v) is 11.3. The third kappa shape index (κ3) is 3.24. The molecule has 2 rings (SSSR count).